The van der Waals surface area contributed by atoms with Crippen molar-refractivity contribution in [2.75, 3.05) is 50.5 Å². The van der Waals surface area contributed by atoms with Gasteiger partial charge in [0.25, 0.3) is 5.91 Å². The number of nitrogens with zero attached hydrogens (tertiary/aromatic N) is 8. The molecule has 2 atom stereocenters. The van der Waals surface area contributed by atoms with Crippen LogP contribution in [0, 0.1) is 23.0 Å². The van der Waals surface area contributed by atoms with E-state index < -0.39 is 40.6 Å². The molecule has 3 fully saturated rings. The maximum Gasteiger partial charge on any atom is 0.417 e. The molecule has 9 rings (SSSR count). The normalized spacial score (nSPS) is 19.7. The topological polar surface area (TPSA) is 129 Å². The largest absolute Gasteiger partial charge is 0.467 e. The Morgan fingerprint density at radius 2 is 1.85 bits per heavy atom. The van der Waals surface area contributed by atoms with Gasteiger partial charge in [-0.05, 0) is 62.4 Å². The molecule has 4 aliphatic rings. The summed E-state index contributed by atoms with van der Waals surface area (Å²) in [5.41, 5.74) is 3.45. The van der Waals surface area contributed by atoms with Gasteiger partial charge in [0, 0.05) is 48.6 Å². The third-order valence-electron chi connectivity index (χ3n) is 10.7. The van der Waals surface area contributed by atoms with Crippen molar-refractivity contribution in [2.24, 2.45) is 0 Å². The summed E-state index contributed by atoms with van der Waals surface area (Å²) in [5, 5.41) is 13.6. The standard InChI is InChI=1S/C30H23F5N8O2S.C7H12FN/c1-45-29-38-24-16(27(39-29)42-8-9-43-14(13-42)10-20(40-43)28(44)41-6-2-3-7-41)11-18(30(33,34)35)22(23(24)32)15-4-5-19(31)25-21(15)17(12-36)26(37)46-25;8-6-4-7-2-1-3-9(7)5-6/h4-5,10-11H,2-3,6-9,13,37H2,1H3;6-7H,1-5H2. The lowest BCUT2D eigenvalue weighted by atomic mass is 9.92. The summed E-state index contributed by atoms with van der Waals surface area (Å²) >= 11 is 0.687. The van der Waals surface area contributed by atoms with Crippen LogP contribution in [-0.4, -0.2) is 87.5 Å². The number of thiophene rings is 1. The number of nitriles is 1. The number of alkyl halides is 4. The van der Waals surface area contributed by atoms with Crippen molar-refractivity contribution in [1.82, 2.24) is 29.5 Å². The van der Waals surface area contributed by atoms with E-state index in [9.17, 15) is 32.0 Å². The molecule has 11 nitrogen and oxygen atoms in total. The van der Waals surface area contributed by atoms with E-state index in [-0.39, 0.29) is 74.7 Å². The van der Waals surface area contributed by atoms with Crippen molar-refractivity contribution in [2.45, 2.75) is 63.6 Å². The lowest BCUT2D eigenvalue weighted by Crippen LogP contribution is -2.34. The molecule has 5 aromatic rings. The molecule has 0 bridgehead atoms. The molecule has 2 aromatic carbocycles. The van der Waals surface area contributed by atoms with E-state index in [0.717, 1.165) is 44.0 Å². The first-order chi connectivity index (χ1) is 26.4. The second kappa shape index (κ2) is 14.2. The molecular weight excluding hydrogens is 749 g/mol. The first-order valence-corrected chi connectivity index (χ1v) is 18.7. The van der Waals surface area contributed by atoms with Gasteiger partial charge in [0.1, 0.15) is 34.4 Å². The number of anilines is 2. The number of hydrogen-bond acceptors (Lipinski definition) is 10. The van der Waals surface area contributed by atoms with Crippen LogP contribution < -0.4 is 15.4 Å². The number of hydrogen-bond donors (Lipinski definition) is 1. The lowest BCUT2D eigenvalue weighted by molar-refractivity contribution is -0.137. The zero-order valence-electron chi connectivity index (χ0n) is 29.6. The highest BCUT2D eigenvalue weighted by Gasteiger charge is 2.39. The number of benzene rings is 2. The Hall–Kier alpha value is -5.15. The van der Waals surface area contributed by atoms with Crippen molar-refractivity contribution in [1.29, 1.82) is 5.26 Å². The average molecular weight is 784 g/mol. The fraction of sp³-hybridized carbons (Fsp3) is 0.432. The predicted octanol–water partition coefficient (Wildman–Crippen LogP) is 6.92. The Morgan fingerprint density at radius 1 is 1.07 bits per heavy atom. The Balaban J connectivity index is 0.000000413. The number of aromatic nitrogens is 4. The van der Waals surface area contributed by atoms with Crippen LogP contribution in [0.15, 0.2) is 24.3 Å². The summed E-state index contributed by atoms with van der Waals surface area (Å²) in [6, 6.07) is 6.43. The van der Waals surface area contributed by atoms with Gasteiger partial charge in [-0.2, -0.15) is 33.5 Å². The quantitative estimate of drug-likeness (QED) is 0.193. The van der Waals surface area contributed by atoms with Crippen LogP contribution in [0.2, 0.25) is 0 Å². The van der Waals surface area contributed by atoms with Crippen LogP contribution in [-0.2, 0) is 19.3 Å². The van der Waals surface area contributed by atoms with E-state index in [2.05, 4.69) is 20.0 Å². The van der Waals surface area contributed by atoms with Gasteiger partial charge in [-0.25, -0.2) is 13.2 Å². The molecule has 4 aliphatic heterocycles. The second-order valence-corrected chi connectivity index (χ2v) is 15.1. The Labute approximate surface area is 314 Å². The maximum atomic E-state index is 16.6. The maximum absolute atomic E-state index is 16.6. The Bertz CT molecular complexity index is 2360. The number of nitrogens with two attached hydrogens (primary N) is 1. The summed E-state index contributed by atoms with van der Waals surface area (Å²) in [4.78, 5) is 27.0. The molecule has 2 N–H and O–H groups in total. The third kappa shape index (κ3) is 6.56. The number of amides is 1. The predicted molar refractivity (Wildman–Crippen MR) is 193 cm³/mol. The summed E-state index contributed by atoms with van der Waals surface area (Å²) in [6.07, 6.45) is -0.434. The molecule has 2 unspecified atom stereocenters. The van der Waals surface area contributed by atoms with Gasteiger partial charge in [-0.1, -0.05) is 6.07 Å². The van der Waals surface area contributed by atoms with E-state index in [1.807, 2.05) is 0 Å². The number of fused-ring (bicyclic) bond motifs is 4. The van der Waals surface area contributed by atoms with E-state index in [0.29, 0.717) is 42.7 Å². The first-order valence-electron chi connectivity index (χ1n) is 17.9. The van der Waals surface area contributed by atoms with Gasteiger partial charge >= 0.3 is 12.2 Å². The van der Waals surface area contributed by atoms with Gasteiger partial charge in [-0.15, -0.1) is 11.3 Å². The highest BCUT2D eigenvalue weighted by molar-refractivity contribution is 7.23. The zero-order valence-corrected chi connectivity index (χ0v) is 30.4. The van der Waals surface area contributed by atoms with Crippen molar-refractivity contribution in [3.8, 4) is 23.2 Å². The minimum Gasteiger partial charge on any atom is -0.467 e. The zero-order chi connectivity index (χ0) is 38.8. The summed E-state index contributed by atoms with van der Waals surface area (Å²) in [6.45, 7) is 3.78. The smallest absolute Gasteiger partial charge is 0.417 e. The van der Waals surface area contributed by atoms with Crippen LogP contribution >= 0.6 is 11.3 Å². The van der Waals surface area contributed by atoms with Gasteiger partial charge in [0.15, 0.2) is 11.5 Å². The highest BCUT2D eigenvalue weighted by Crippen LogP contribution is 2.48. The van der Waals surface area contributed by atoms with E-state index in [4.69, 9.17) is 10.5 Å². The number of carbonyl (C=O) groups excluding carboxylic acids is 1. The van der Waals surface area contributed by atoms with Crippen LogP contribution in [0.1, 0.15) is 59.4 Å². The fourth-order valence-electron chi connectivity index (χ4n) is 8.18. The Morgan fingerprint density at radius 3 is 2.56 bits per heavy atom. The van der Waals surface area contributed by atoms with Crippen molar-refractivity contribution in [3.05, 3.63) is 58.4 Å². The molecule has 7 heterocycles. The van der Waals surface area contributed by atoms with Gasteiger partial charge in [0.2, 0.25) is 0 Å². The van der Waals surface area contributed by atoms with Gasteiger partial charge in [-0.3, -0.25) is 14.4 Å². The molecule has 0 saturated carbocycles. The number of likely N-dealkylation sites (tertiary alicyclic amines) is 1. The molecule has 55 heavy (non-hydrogen) atoms. The number of rotatable bonds is 4. The monoisotopic (exact) mass is 783 g/mol. The van der Waals surface area contributed by atoms with Gasteiger partial charge < -0.3 is 20.3 Å². The van der Waals surface area contributed by atoms with E-state index >= 15 is 4.39 Å². The van der Waals surface area contributed by atoms with Crippen LogP contribution in [0.4, 0.5) is 37.2 Å². The molecule has 3 saturated heterocycles. The number of halogens is 6. The second-order valence-electron chi connectivity index (χ2n) is 14.1. The molecule has 0 radical (unpaired) electrons. The summed E-state index contributed by atoms with van der Waals surface area (Å²) in [7, 11) is 1.24. The van der Waals surface area contributed by atoms with Crippen LogP contribution in [0.3, 0.4) is 0 Å². The first kappa shape index (κ1) is 36.8. The number of methoxy groups -OCH3 is 1. The minimum absolute atomic E-state index is 0.0144. The molecule has 18 heteroatoms. The number of carbonyl (C=O) groups is 1. The average Bonchev–Trinajstić information content (AvgIpc) is 4.00. The third-order valence-corrected chi connectivity index (χ3v) is 11.8. The summed E-state index contributed by atoms with van der Waals surface area (Å²) in [5.74, 6) is -2.37. The minimum atomic E-state index is -5.08. The van der Waals surface area contributed by atoms with Crippen molar-refractivity contribution in [3.63, 3.8) is 0 Å². The van der Waals surface area contributed by atoms with Gasteiger partial charge in [0.05, 0.1) is 41.7 Å². The highest BCUT2D eigenvalue weighted by atomic mass is 32.1. The molecule has 288 valence electrons. The fourth-order valence-corrected chi connectivity index (χ4v) is 9.13. The Kier molecular flexibility index (Phi) is 9.48. The van der Waals surface area contributed by atoms with Crippen LogP contribution in [0.5, 0.6) is 6.01 Å². The summed E-state index contributed by atoms with van der Waals surface area (Å²) < 4.78 is 95.0. The molecule has 0 aliphatic carbocycles. The van der Waals surface area contributed by atoms with E-state index in [1.54, 1.807) is 26.6 Å². The van der Waals surface area contributed by atoms with Crippen molar-refractivity contribution < 1.29 is 35.9 Å². The SMILES string of the molecule is COc1nc(N2CCn3nc(C(=O)N4CCCC4)cc3C2)c2cc(C(F)(F)F)c(-c3ccc(F)c4sc(N)c(C#N)c34)c(F)c2n1.FC1CC2CCCN2C1. The number of ether oxygens (including phenoxy) is 1. The molecule has 1 amide bonds. The van der Waals surface area contributed by atoms with E-state index in [1.165, 1.54) is 20.0 Å². The molecule has 3 aromatic heterocycles. The van der Waals surface area contributed by atoms with Crippen molar-refractivity contribution >= 4 is 49.1 Å². The molecular formula is C37H35F6N9O2S. The van der Waals surface area contributed by atoms with Crippen LogP contribution in [0.25, 0.3) is 32.1 Å². The number of nitrogen functional groups attached to an aromatic ring is 1. The molecule has 0 spiro atoms. The lowest BCUT2D eigenvalue weighted by Gasteiger charge is -2.30.